The van der Waals surface area contributed by atoms with Gasteiger partial charge in [0.25, 0.3) is 0 Å². The summed E-state index contributed by atoms with van der Waals surface area (Å²) in [5.74, 6) is 0.690. The third-order valence-electron chi connectivity index (χ3n) is 6.21. The Morgan fingerprint density at radius 1 is 1.09 bits per heavy atom. The lowest BCUT2D eigenvalue weighted by molar-refractivity contribution is 0.170. The number of rotatable bonds is 6. The number of hydrogen-bond acceptors (Lipinski definition) is 9. The maximum atomic E-state index is 14.6. The van der Waals surface area contributed by atoms with Crippen molar-refractivity contribution in [3.05, 3.63) is 35.8 Å². The van der Waals surface area contributed by atoms with Crippen LogP contribution in [0, 0.1) is 5.82 Å². The monoisotopic (exact) mass is 453 g/mol. The fourth-order valence-electron chi connectivity index (χ4n) is 5.10. The highest BCUT2D eigenvalue weighted by atomic mass is 19.1. The lowest BCUT2D eigenvalue weighted by Gasteiger charge is -2.46. The molecule has 1 saturated heterocycles. The zero-order valence-electron chi connectivity index (χ0n) is 19.5. The molecule has 3 heterocycles. The number of halogens is 1. The van der Waals surface area contributed by atoms with Crippen LogP contribution in [0.15, 0.2) is 29.5 Å². The standard InChI is InChI=1S/C23H32FN9/c1-22(2)10-17(11-23(3,4)30-22)27-20-19(24)12-25-21(29-20)28-16-7-15(14-5-6-14)8-18(9-16)33-13-26-31-32-33/h7-9,12-14,17,30-32H,5-6,10-11H2,1-4H3,(H2,25,27,28,29). The van der Waals surface area contributed by atoms with Crippen LogP contribution in [-0.2, 0) is 0 Å². The predicted octanol–water partition coefficient (Wildman–Crippen LogP) is 3.73. The molecule has 0 unspecified atom stereocenters. The van der Waals surface area contributed by atoms with E-state index in [2.05, 4.69) is 81.9 Å². The SMILES string of the molecule is CC1(C)CC(Nc2nc(Nc3cc(C4CC4)cc(N4C=NNN4)c3)ncc2F)CC(C)(C)N1. The molecule has 10 heteroatoms. The number of hydrazone groups is 1. The summed E-state index contributed by atoms with van der Waals surface area (Å²) in [7, 11) is 0. The van der Waals surface area contributed by atoms with E-state index in [4.69, 9.17) is 0 Å². The number of piperidine rings is 1. The van der Waals surface area contributed by atoms with Crippen LogP contribution >= 0.6 is 0 Å². The molecule has 2 fully saturated rings. The second-order valence-corrected chi connectivity index (χ2v) is 10.6. The molecule has 0 radical (unpaired) electrons. The summed E-state index contributed by atoms with van der Waals surface area (Å²) in [6.07, 6.45) is 7.01. The second kappa shape index (κ2) is 8.11. The Bertz CT molecular complexity index is 1050. The van der Waals surface area contributed by atoms with Gasteiger partial charge in [-0.25, -0.2) is 19.9 Å². The first kappa shape index (κ1) is 21.8. The Hall–Kier alpha value is -2.98. The Labute approximate surface area is 193 Å². The number of nitrogens with zero attached hydrogens (tertiary/aromatic N) is 4. The average molecular weight is 454 g/mol. The van der Waals surface area contributed by atoms with Gasteiger partial charge in [-0.05, 0) is 83.1 Å². The van der Waals surface area contributed by atoms with Crippen LogP contribution in [0.5, 0.6) is 0 Å². The topological polar surface area (TPSA) is 102 Å². The third kappa shape index (κ3) is 5.17. The van der Waals surface area contributed by atoms with Crippen molar-refractivity contribution in [3.8, 4) is 0 Å². The lowest BCUT2D eigenvalue weighted by Crippen LogP contribution is -2.60. The van der Waals surface area contributed by atoms with E-state index in [1.807, 2.05) is 6.07 Å². The Kier molecular flexibility index (Phi) is 5.37. The molecule has 5 rings (SSSR count). The van der Waals surface area contributed by atoms with Gasteiger partial charge in [0.1, 0.15) is 6.34 Å². The zero-order chi connectivity index (χ0) is 23.2. The number of hydrogen-bond donors (Lipinski definition) is 5. The molecule has 0 amide bonds. The third-order valence-corrected chi connectivity index (χ3v) is 6.21. The van der Waals surface area contributed by atoms with Crippen LogP contribution in [0.1, 0.15) is 64.9 Å². The van der Waals surface area contributed by atoms with Gasteiger partial charge in [0.2, 0.25) is 5.95 Å². The maximum Gasteiger partial charge on any atom is 0.229 e. The van der Waals surface area contributed by atoms with Crippen molar-refractivity contribution in [2.45, 2.75) is 76.4 Å². The van der Waals surface area contributed by atoms with Gasteiger partial charge in [0.15, 0.2) is 11.6 Å². The highest BCUT2D eigenvalue weighted by Crippen LogP contribution is 2.42. The van der Waals surface area contributed by atoms with E-state index in [9.17, 15) is 4.39 Å². The summed E-state index contributed by atoms with van der Waals surface area (Å²) in [6.45, 7) is 8.69. The fourth-order valence-corrected chi connectivity index (χ4v) is 5.10. The first-order valence-electron chi connectivity index (χ1n) is 11.5. The van der Waals surface area contributed by atoms with E-state index in [1.54, 1.807) is 11.3 Å². The molecule has 1 aliphatic carbocycles. The minimum absolute atomic E-state index is 0.0502. The summed E-state index contributed by atoms with van der Waals surface area (Å²) in [5.41, 5.74) is 8.61. The first-order chi connectivity index (χ1) is 15.7. The van der Waals surface area contributed by atoms with Crippen molar-refractivity contribution in [3.63, 3.8) is 0 Å². The van der Waals surface area contributed by atoms with Gasteiger partial charge in [0, 0.05) is 22.8 Å². The molecule has 3 aliphatic rings. The molecular weight excluding hydrogens is 421 g/mol. The van der Waals surface area contributed by atoms with Crippen LogP contribution in [0.25, 0.3) is 0 Å². The number of hydrazine groups is 2. The van der Waals surface area contributed by atoms with E-state index in [1.165, 1.54) is 24.6 Å². The van der Waals surface area contributed by atoms with Gasteiger partial charge in [-0.1, -0.05) is 0 Å². The quantitative estimate of drug-likeness (QED) is 0.451. The van der Waals surface area contributed by atoms with Gasteiger partial charge in [0.05, 0.1) is 11.9 Å². The minimum Gasteiger partial charge on any atom is -0.365 e. The molecule has 0 bridgehead atoms. The molecular formula is C23H32FN9. The summed E-state index contributed by atoms with van der Waals surface area (Å²) < 4.78 is 14.6. The van der Waals surface area contributed by atoms with Gasteiger partial charge in [-0.2, -0.15) is 10.1 Å². The van der Waals surface area contributed by atoms with Crippen molar-refractivity contribution in [2.24, 2.45) is 5.10 Å². The van der Waals surface area contributed by atoms with Crippen LogP contribution in [0.3, 0.4) is 0 Å². The van der Waals surface area contributed by atoms with Crippen molar-refractivity contribution in [1.82, 2.24) is 26.4 Å². The molecule has 0 spiro atoms. The maximum absolute atomic E-state index is 14.6. The largest absolute Gasteiger partial charge is 0.365 e. The van der Waals surface area contributed by atoms with Crippen LogP contribution < -0.4 is 32.0 Å². The molecule has 0 atom stereocenters. The number of nitrogens with one attached hydrogen (secondary N) is 5. The van der Waals surface area contributed by atoms with Crippen LogP contribution in [-0.4, -0.2) is 33.4 Å². The molecule has 2 aliphatic heterocycles. The fraction of sp³-hybridized carbons (Fsp3) is 0.522. The molecule has 1 aromatic heterocycles. The number of aromatic nitrogens is 2. The van der Waals surface area contributed by atoms with E-state index < -0.39 is 5.82 Å². The molecule has 1 saturated carbocycles. The second-order valence-electron chi connectivity index (χ2n) is 10.6. The van der Waals surface area contributed by atoms with Crippen LogP contribution in [0.4, 0.5) is 27.5 Å². The lowest BCUT2D eigenvalue weighted by atomic mass is 9.79. The predicted molar refractivity (Wildman–Crippen MR) is 129 cm³/mol. The van der Waals surface area contributed by atoms with E-state index >= 15 is 0 Å². The van der Waals surface area contributed by atoms with Crippen LogP contribution in [0.2, 0.25) is 0 Å². The van der Waals surface area contributed by atoms with Gasteiger partial charge >= 0.3 is 0 Å². The first-order valence-corrected chi connectivity index (χ1v) is 11.5. The van der Waals surface area contributed by atoms with E-state index in [-0.39, 0.29) is 22.9 Å². The molecule has 33 heavy (non-hydrogen) atoms. The van der Waals surface area contributed by atoms with Crippen molar-refractivity contribution in [1.29, 1.82) is 0 Å². The van der Waals surface area contributed by atoms with Crippen molar-refractivity contribution < 1.29 is 4.39 Å². The smallest absolute Gasteiger partial charge is 0.229 e. The number of anilines is 4. The molecule has 2 aromatic rings. The summed E-state index contributed by atoms with van der Waals surface area (Å²) >= 11 is 0. The van der Waals surface area contributed by atoms with Gasteiger partial charge in [-0.15, -0.1) is 5.53 Å². The Morgan fingerprint density at radius 2 is 1.85 bits per heavy atom. The highest BCUT2D eigenvalue weighted by molar-refractivity contribution is 5.81. The van der Waals surface area contributed by atoms with Crippen molar-refractivity contribution in [2.75, 3.05) is 15.6 Å². The van der Waals surface area contributed by atoms with Crippen molar-refractivity contribution >= 4 is 29.5 Å². The minimum atomic E-state index is -0.453. The van der Waals surface area contributed by atoms with E-state index in [0.29, 0.717) is 11.9 Å². The van der Waals surface area contributed by atoms with E-state index in [0.717, 1.165) is 24.2 Å². The number of benzene rings is 1. The molecule has 176 valence electrons. The molecule has 9 nitrogen and oxygen atoms in total. The highest BCUT2D eigenvalue weighted by Gasteiger charge is 2.38. The summed E-state index contributed by atoms with van der Waals surface area (Å²) in [4.78, 5) is 8.66. The van der Waals surface area contributed by atoms with Gasteiger partial charge in [-0.3, -0.25) is 0 Å². The summed E-state index contributed by atoms with van der Waals surface area (Å²) in [5, 5.41) is 16.0. The summed E-state index contributed by atoms with van der Waals surface area (Å²) in [6, 6.07) is 6.34. The Balaban J connectivity index is 1.37. The normalized spacial score (nSPS) is 21.7. The zero-order valence-corrected chi connectivity index (χ0v) is 19.5. The molecule has 5 N–H and O–H groups in total. The molecule has 1 aromatic carbocycles. The Morgan fingerprint density at radius 3 is 2.52 bits per heavy atom. The average Bonchev–Trinajstić information content (AvgIpc) is 3.42. The van der Waals surface area contributed by atoms with Gasteiger partial charge < -0.3 is 16.0 Å².